The first kappa shape index (κ1) is 21.8. The molecule has 0 aliphatic heterocycles. The Bertz CT molecular complexity index is 1620. The zero-order valence-electron chi connectivity index (χ0n) is 18.6. The monoisotopic (exact) mass is 464 g/mol. The third-order valence-electron chi connectivity index (χ3n) is 5.54. The van der Waals surface area contributed by atoms with E-state index in [1.54, 1.807) is 66.7 Å². The molecule has 2 amide bonds. The van der Waals surface area contributed by atoms with Crippen LogP contribution in [0.1, 0.15) is 26.3 Å². The minimum Gasteiger partial charge on any atom is -0.322 e. The van der Waals surface area contributed by atoms with Crippen LogP contribution >= 0.6 is 0 Å². The Hall–Kier alpha value is -5.05. The largest absolute Gasteiger partial charge is 0.322 e. The molecule has 3 aromatic carbocycles. The van der Waals surface area contributed by atoms with E-state index in [4.69, 9.17) is 0 Å². The lowest BCUT2D eigenvalue weighted by molar-refractivity contribution is 0.101. The van der Waals surface area contributed by atoms with Crippen molar-refractivity contribution in [3.05, 3.63) is 112 Å². The number of hydrogen-bond acceptors (Lipinski definition) is 5. The van der Waals surface area contributed by atoms with Gasteiger partial charge in [0.1, 0.15) is 5.39 Å². The number of benzene rings is 3. The molecule has 0 spiro atoms. The van der Waals surface area contributed by atoms with E-state index in [2.05, 4.69) is 25.7 Å². The van der Waals surface area contributed by atoms with Crippen molar-refractivity contribution < 1.29 is 9.59 Å². The number of fused-ring (bicyclic) bond motifs is 1. The molecule has 0 atom stereocenters. The van der Waals surface area contributed by atoms with Gasteiger partial charge < -0.3 is 15.6 Å². The van der Waals surface area contributed by atoms with Crippen LogP contribution in [0.4, 0.5) is 11.4 Å². The normalized spacial score (nSPS) is 10.8. The van der Waals surface area contributed by atoms with Crippen molar-refractivity contribution in [1.29, 1.82) is 0 Å². The molecule has 9 heteroatoms. The highest BCUT2D eigenvalue weighted by Crippen LogP contribution is 2.24. The first-order chi connectivity index (χ1) is 17.0. The Kier molecular flexibility index (Phi) is 5.64. The van der Waals surface area contributed by atoms with Crippen LogP contribution in [0.15, 0.2) is 90.1 Å². The fourth-order valence-electron chi connectivity index (χ4n) is 3.67. The topological polar surface area (TPSA) is 122 Å². The summed E-state index contributed by atoms with van der Waals surface area (Å²) in [6, 6.07) is 21.1. The van der Waals surface area contributed by atoms with Crippen LogP contribution in [0, 0.1) is 6.92 Å². The van der Waals surface area contributed by atoms with E-state index in [1.165, 1.54) is 17.2 Å². The smallest absolute Gasteiger partial charge is 0.261 e. The first-order valence-electron chi connectivity index (χ1n) is 10.8. The maximum Gasteiger partial charge on any atom is 0.261 e. The van der Waals surface area contributed by atoms with Gasteiger partial charge in [-0.3, -0.25) is 14.4 Å². The Morgan fingerprint density at radius 1 is 0.857 bits per heavy atom. The number of carbonyl (C=O) groups is 2. The fraction of sp³-hybridized carbons (Fsp3) is 0.0385. The van der Waals surface area contributed by atoms with Gasteiger partial charge in [-0.15, -0.1) is 0 Å². The van der Waals surface area contributed by atoms with Gasteiger partial charge in [-0.05, 0) is 48.9 Å². The second kappa shape index (κ2) is 9.06. The van der Waals surface area contributed by atoms with Crippen molar-refractivity contribution in [2.24, 2.45) is 0 Å². The quantitative estimate of drug-likeness (QED) is 0.364. The SMILES string of the molecule is Cc1ccc(C(=O)Nc2ccccc2-n2ncc3c(=O)[nH]cnc32)cc1NC(=O)c1ccccc1. The lowest BCUT2D eigenvalue weighted by Gasteiger charge is -2.13. The summed E-state index contributed by atoms with van der Waals surface area (Å²) in [5, 5.41) is 10.4. The molecule has 2 aromatic heterocycles. The van der Waals surface area contributed by atoms with Gasteiger partial charge in [0, 0.05) is 16.8 Å². The van der Waals surface area contributed by atoms with Gasteiger partial charge in [-0.2, -0.15) is 5.10 Å². The van der Waals surface area contributed by atoms with Gasteiger partial charge >= 0.3 is 0 Å². The summed E-state index contributed by atoms with van der Waals surface area (Å²) in [6.07, 6.45) is 2.74. The highest BCUT2D eigenvalue weighted by molar-refractivity contribution is 6.08. The number of hydrogen-bond donors (Lipinski definition) is 3. The number of rotatable bonds is 5. The standard InChI is InChI=1S/C26H20N6O3/c1-16-11-12-18(13-21(16)31-24(33)17-7-3-2-4-8-17)25(34)30-20-9-5-6-10-22(20)32-23-19(14-29-32)26(35)28-15-27-23/h2-15H,1H3,(H,30,34)(H,31,33)(H,27,28,35). The summed E-state index contributed by atoms with van der Waals surface area (Å²) in [6.45, 7) is 1.86. The average molecular weight is 464 g/mol. The second-order valence-corrected chi connectivity index (χ2v) is 7.85. The molecule has 0 aliphatic rings. The first-order valence-corrected chi connectivity index (χ1v) is 10.8. The lowest BCUT2D eigenvalue weighted by atomic mass is 10.1. The van der Waals surface area contributed by atoms with Crippen LogP contribution in [0.25, 0.3) is 16.7 Å². The van der Waals surface area contributed by atoms with Gasteiger partial charge in [-0.25, -0.2) is 9.67 Å². The Balaban J connectivity index is 1.43. The summed E-state index contributed by atoms with van der Waals surface area (Å²) >= 11 is 0. The van der Waals surface area contributed by atoms with Crippen molar-refractivity contribution >= 4 is 34.2 Å². The minimum atomic E-state index is -0.366. The summed E-state index contributed by atoms with van der Waals surface area (Å²) < 4.78 is 1.50. The number of carbonyl (C=O) groups excluding carboxylic acids is 2. The van der Waals surface area contributed by atoms with Gasteiger partial charge in [0.15, 0.2) is 5.65 Å². The van der Waals surface area contributed by atoms with Gasteiger partial charge in [0.25, 0.3) is 17.4 Å². The van der Waals surface area contributed by atoms with E-state index in [0.29, 0.717) is 39.2 Å². The molecule has 5 aromatic rings. The molecule has 0 radical (unpaired) electrons. The number of para-hydroxylation sites is 2. The van der Waals surface area contributed by atoms with Gasteiger partial charge in [0.05, 0.1) is 23.9 Å². The molecule has 9 nitrogen and oxygen atoms in total. The molecule has 3 N–H and O–H groups in total. The molecule has 0 unspecified atom stereocenters. The summed E-state index contributed by atoms with van der Waals surface area (Å²) in [5.74, 6) is -0.625. The molecular weight excluding hydrogens is 444 g/mol. The van der Waals surface area contributed by atoms with E-state index in [0.717, 1.165) is 5.56 Å². The molecule has 5 rings (SSSR count). The van der Waals surface area contributed by atoms with Crippen LogP contribution in [0.3, 0.4) is 0 Å². The van der Waals surface area contributed by atoms with Gasteiger partial charge in [-0.1, -0.05) is 36.4 Å². The van der Waals surface area contributed by atoms with Crippen molar-refractivity contribution in [1.82, 2.24) is 19.7 Å². The molecule has 0 aliphatic carbocycles. The molecule has 35 heavy (non-hydrogen) atoms. The maximum absolute atomic E-state index is 13.1. The van der Waals surface area contributed by atoms with E-state index in [-0.39, 0.29) is 17.4 Å². The second-order valence-electron chi connectivity index (χ2n) is 7.85. The molecule has 172 valence electrons. The van der Waals surface area contributed by atoms with E-state index >= 15 is 0 Å². The van der Waals surface area contributed by atoms with Gasteiger partial charge in [0.2, 0.25) is 0 Å². The number of aromatic nitrogens is 4. The third-order valence-corrected chi connectivity index (χ3v) is 5.54. The minimum absolute atomic E-state index is 0.260. The number of nitrogens with one attached hydrogen (secondary N) is 3. The number of amides is 2. The van der Waals surface area contributed by atoms with E-state index in [9.17, 15) is 14.4 Å². The van der Waals surface area contributed by atoms with Crippen molar-refractivity contribution in [2.75, 3.05) is 10.6 Å². The zero-order chi connectivity index (χ0) is 24.4. The number of aryl methyl sites for hydroxylation is 1. The summed E-state index contributed by atoms with van der Waals surface area (Å²) in [7, 11) is 0. The van der Waals surface area contributed by atoms with Crippen LogP contribution in [-0.2, 0) is 0 Å². The highest BCUT2D eigenvalue weighted by Gasteiger charge is 2.16. The van der Waals surface area contributed by atoms with E-state index < -0.39 is 0 Å². The maximum atomic E-state index is 13.1. The summed E-state index contributed by atoms with van der Waals surface area (Å²) in [4.78, 5) is 44.5. The van der Waals surface area contributed by atoms with Crippen molar-refractivity contribution in [3.63, 3.8) is 0 Å². The summed E-state index contributed by atoms with van der Waals surface area (Å²) in [5.41, 5.74) is 3.37. The number of H-pyrrole nitrogens is 1. The molecule has 0 fully saturated rings. The van der Waals surface area contributed by atoms with E-state index in [1.807, 2.05) is 13.0 Å². The van der Waals surface area contributed by atoms with Crippen LogP contribution in [-0.4, -0.2) is 31.6 Å². The van der Waals surface area contributed by atoms with Crippen molar-refractivity contribution in [3.8, 4) is 5.69 Å². The molecule has 2 heterocycles. The molecule has 0 saturated carbocycles. The predicted octanol–water partition coefficient (Wildman–Crippen LogP) is 3.92. The molecule has 0 bridgehead atoms. The molecular formula is C26H20N6O3. The third kappa shape index (κ3) is 4.30. The van der Waals surface area contributed by atoms with Crippen LogP contribution in [0.2, 0.25) is 0 Å². The predicted molar refractivity (Wildman–Crippen MR) is 133 cm³/mol. The zero-order valence-corrected chi connectivity index (χ0v) is 18.6. The number of anilines is 2. The fourth-order valence-corrected chi connectivity index (χ4v) is 3.67. The van der Waals surface area contributed by atoms with Crippen molar-refractivity contribution in [2.45, 2.75) is 6.92 Å². The molecule has 0 saturated heterocycles. The average Bonchev–Trinajstić information content (AvgIpc) is 3.31. The highest BCUT2D eigenvalue weighted by atomic mass is 16.2. The Morgan fingerprint density at radius 3 is 2.40 bits per heavy atom. The number of aromatic amines is 1. The van der Waals surface area contributed by atoms with Crippen LogP contribution < -0.4 is 16.2 Å². The number of nitrogens with zero attached hydrogens (tertiary/aromatic N) is 3. The van der Waals surface area contributed by atoms with Crippen LogP contribution in [0.5, 0.6) is 0 Å². The Labute approximate surface area is 199 Å². The Morgan fingerprint density at radius 2 is 1.57 bits per heavy atom. The lowest BCUT2D eigenvalue weighted by Crippen LogP contribution is -2.16.